The molecule has 42 heavy (non-hydrogen) atoms. The monoisotopic (exact) mass is 575 g/mol. The van der Waals surface area contributed by atoms with Crippen LogP contribution in [0.2, 0.25) is 0 Å². The van der Waals surface area contributed by atoms with Gasteiger partial charge in [-0.1, -0.05) is 29.8 Å². The van der Waals surface area contributed by atoms with E-state index in [1.165, 1.54) is 15.7 Å². The van der Waals surface area contributed by atoms with E-state index in [2.05, 4.69) is 9.97 Å². The van der Waals surface area contributed by atoms with Gasteiger partial charge >= 0.3 is 6.18 Å². The van der Waals surface area contributed by atoms with Crippen molar-refractivity contribution in [3.05, 3.63) is 130 Å². The van der Waals surface area contributed by atoms with E-state index >= 15 is 0 Å². The van der Waals surface area contributed by atoms with Crippen LogP contribution in [0.15, 0.2) is 90.1 Å². The highest BCUT2D eigenvalue weighted by atomic mass is 19.4. The minimum atomic E-state index is -4.92. The lowest BCUT2D eigenvalue weighted by Crippen LogP contribution is -2.38. The number of hydrogen-bond donors (Lipinski definition) is 0. The average Bonchev–Trinajstić information content (AvgIpc) is 2.97. The first-order valence-corrected chi connectivity index (χ1v) is 13.0. The second kappa shape index (κ2) is 11.5. The third-order valence-corrected chi connectivity index (χ3v) is 6.88. The number of benzene rings is 2. The molecule has 0 radical (unpaired) electrons. The van der Waals surface area contributed by atoms with Gasteiger partial charge in [-0.3, -0.25) is 19.1 Å². The Morgan fingerprint density at radius 3 is 2.43 bits per heavy atom. The minimum absolute atomic E-state index is 0.0105. The van der Waals surface area contributed by atoms with E-state index < -0.39 is 41.5 Å². The number of fused-ring (bicyclic) bond motifs is 1. The fraction of sp³-hybridized carbons (Fsp3) is 0.194. The van der Waals surface area contributed by atoms with Gasteiger partial charge in [0.05, 0.1) is 29.2 Å². The Balaban J connectivity index is 1.62. The zero-order valence-electron chi connectivity index (χ0n) is 22.6. The Morgan fingerprint density at radius 1 is 1.00 bits per heavy atom. The highest BCUT2D eigenvalue weighted by Crippen LogP contribution is 2.32. The molecule has 214 valence electrons. The lowest BCUT2D eigenvalue weighted by molar-refractivity contribution is -0.140. The van der Waals surface area contributed by atoms with Gasteiger partial charge in [0.15, 0.2) is 5.52 Å². The van der Waals surface area contributed by atoms with Crippen LogP contribution in [0.3, 0.4) is 0 Å². The lowest BCUT2D eigenvalue weighted by Gasteiger charge is -2.31. The van der Waals surface area contributed by atoms with Gasteiger partial charge in [0, 0.05) is 25.1 Å². The molecule has 0 saturated carbocycles. The summed E-state index contributed by atoms with van der Waals surface area (Å²) in [6, 6.07) is 15.6. The average molecular weight is 576 g/mol. The summed E-state index contributed by atoms with van der Waals surface area (Å²) < 4.78 is 55.4. The molecule has 1 atom stereocenters. The van der Waals surface area contributed by atoms with Crippen LogP contribution in [0.1, 0.15) is 41.0 Å². The third-order valence-electron chi connectivity index (χ3n) is 6.88. The summed E-state index contributed by atoms with van der Waals surface area (Å²) in [5.41, 5.74) is 0.710. The van der Waals surface area contributed by atoms with Crippen molar-refractivity contribution in [1.29, 1.82) is 0 Å². The zero-order chi connectivity index (χ0) is 30.0. The van der Waals surface area contributed by atoms with E-state index in [0.717, 1.165) is 11.6 Å². The molecule has 5 aromatic rings. The largest absolute Gasteiger partial charge is 0.419 e. The topological polar surface area (TPSA) is 81.0 Å². The van der Waals surface area contributed by atoms with Crippen molar-refractivity contribution >= 4 is 16.9 Å². The number of nitrogens with zero attached hydrogens (tertiary/aromatic N) is 5. The molecule has 3 aromatic heterocycles. The standard InChI is InChI=1S/C31H25F4N5O2/c1-19-7-10-23(11-8-19)40-29(38-26-6-4-14-37-28(26)30(40)42)20(2)39(18-22-5-3-13-36-17-22)27(41)16-21-9-12-25(32)24(15-21)31(33,34)35/h3-15,17,20H,16,18H2,1-2H3/t20-/m1/s1. The number of rotatable bonds is 7. The summed E-state index contributed by atoms with van der Waals surface area (Å²) in [4.78, 5) is 42.0. The maximum atomic E-state index is 13.9. The molecule has 0 saturated heterocycles. The highest BCUT2D eigenvalue weighted by Gasteiger charge is 2.35. The summed E-state index contributed by atoms with van der Waals surface area (Å²) in [6.07, 6.45) is -0.734. The van der Waals surface area contributed by atoms with Crippen molar-refractivity contribution in [3.8, 4) is 5.69 Å². The van der Waals surface area contributed by atoms with Crippen molar-refractivity contribution in [1.82, 2.24) is 24.4 Å². The molecule has 0 unspecified atom stereocenters. The van der Waals surface area contributed by atoms with Gasteiger partial charge in [-0.15, -0.1) is 0 Å². The van der Waals surface area contributed by atoms with Crippen LogP contribution in [-0.2, 0) is 23.9 Å². The molecule has 0 fully saturated rings. The van der Waals surface area contributed by atoms with Crippen LogP contribution in [0.25, 0.3) is 16.7 Å². The number of pyridine rings is 2. The van der Waals surface area contributed by atoms with E-state index in [4.69, 9.17) is 4.98 Å². The van der Waals surface area contributed by atoms with Crippen molar-refractivity contribution < 1.29 is 22.4 Å². The molecule has 0 spiro atoms. The molecular formula is C31H25F4N5O2. The molecule has 7 nitrogen and oxygen atoms in total. The number of alkyl halides is 3. The second-order valence-corrected chi connectivity index (χ2v) is 9.86. The van der Waals surface area contributed by atoms with E-state index in [1.54, 1.807) is 55.7 Å². The molecule has 3 heterocycles. The molecule has 5 rings (SSSR count). The number of aryl methyl sites for hydroxylation is 1. The Kier molecular flexibility index (Phi) is 7.84. The van der Waals surface area contributed by atoms with Crippen molar-refractivity contribution in [2.75, 3.05) is 0 Å². The van der Waals surface area contributed by atoms with Gasteiger partial charge in [-0.05, 0) is 67.4 Å². The van der Waals surface area contributed by atoms with E-state index in [1.807, 2.05) is 19.1 Å². The predicted octanol–water partition coefficient (Wildman–Crippen LogP) is 5.97. The molecule has 11 heteroatoms. The fourth-order valence-corrected chi connectivity index (χ4v) is 4.70. The summed E-state index contributed by atoms with van der Waals surface area (Å²) in [5, 5.41) is 0. The molecule has 0 aliphatic heterocycles. The molecule has 0 aliphatic rings. The number of halogens is 4. The van der Waals surface area contributed by atoms with Crippen LogP contribution >= 0.6 is 0 Å². The van der Waals surface area contributed by atoms with Gasteiger partial charge in [0.2, 0.25) is 5.91 Å². The van der Waals surface area contributed by atoms with Gasteiger partial charge in [0.1, 0.15) is 11.6 Å². The van der Waals surface area contributed by atoms with Crippen molar-refractivity contribution in [3.63, 3.8) is 0 Å². The van der Waals surface area contributed by atoms with Crippen LogP contribution in [0, 0.1) is 12.7 Å². The third kappa shape index (κ3) is 5.90. The smallest absolute Gasteiger partial charge is 0.328 e. The van der Waals surface area contributed by atoms with Crippen LogP contribution in [-0.4, -0.2) is 30.3 Å². The number of amides is 1. The first-order valence-electron chi connectivity index (χ1n) is 13.0. The van der Waals surface area contributed by atoms with E-state index in [0.29, 0.717) is 28.9 Å². The van der Waals surface area contributed by atoms with E-state index in [9.17, 15) is 27.2 Å². The van der Waals surface area contributed by atoms with Crippen molar-refractivity contribution in [2.24, 2.45) is 0 Å². The molecule has 0 aliphatic carbocycles. The normalized spacial score (nSPS) is 12.3. The summed E-state index contributed by atoms with van der Waals surface area (Å²) in [6.45, 7) is 3.62. The number of carbonyl (C=O) groups excluding carboxylic acids is 1. The number of aromatic nitrogens is 4. The minimum Gasteiger partial charge on any atom is -0.328 e. The Morgan fingerprint density at radius 2 is 1.74 bits per heavy atom. The highest BCUT2D eigenvalue weighted by molar-refractivity contribution is 5.79. The summed E-state index contributed by atoms with van der Waals surface area (Å²) >= 11 is 0. The maximum Gasteiger partial charge on any atom is 0.419 e. The first-order chi connectivity index (χ1) is 20.0. The summed E-state index contributed by atoms with van der Waals surface area (Å²) in [5.74, 6) is -1.74. The van der Waals surface area contributed by atoms with Gasteiger partial charge in [0.25, 0.3) is 5.56 Å². The van der Waals surface area contributed by atoms with Crippen LogP contribution in [0.5, 0.6) is 0 Å². The number of hydrogen-bond acceptors (Lipinski definition) is 5. The SMILES string of the molecule is Cc1ccc(-n2c([C@@H](C)N(Cc3cccnc3)C(=O)Cc3ccc(F)c(C(F)(F)F)c3)nc3cccnc3c2=O)cc1. The fourth-order valence-electron chi connectivity index (χ4n) is 4.70. The molecular weight excluding hydrogens is 550 g/mol. The van der Waals surface area contributed by atoms with E-state index in [-0.39, 0.29) is 23.4 Å². The second-order valence-electron chi connectivity index (χ2n) is 9.86. The molecule has 2 aromatic carbocycles. The zero-order valence-corrected chi connectivity index (χ0v) is 22.6. The maximum absolute atomic E-state index is 13.9. The van der Waals surface area contributed by atoms with Gasteiger partial charge < -0.3 is 4.90 Å². The van der Waals surface area contributed by atoms with Crippen LogP contribution < -0.4 is 5.56 Å². The Hall–Kier alpha value is -4.93. The van der Waals surface area contributed by atoms with Crippen molar-refractivity contribution in [2.45, 2.75) is 39.0 Å². The lowest BCUT2D eigenvalue weighted by atomic mass is 10.1. The quantitative estimate of drug-likeness (QED) is 0.223. The molecule has 0 bridgehead atoms. The number of carbonyl (C=O) groups is 1. The predicted molar refractivity (Wildman–Crippen MR) is 148 cm³/mol. The molecule has 0 N–H and O–H groups in total. The first kappa shape index (κ1) is 28.6. The van der Waals surface area contributed by atoms with Crippen LogP contribution in [0.4, 0.5) is 17.6 Å². The molecule has 1 amide bonds. The summed E-state index contributed by atoms with van der Waals surface area (Å²) in [7, 11) is 0. The Labute approximate surface area is 238 Å². The van der Waals surface area contributed by atoms with Gasteiger partial charge in [-0.25, -0.2) is 14.4 Å². The van der Waals surface area contributed by atoms with Gasteiger partial charge in [-0.2, -0.15) is 13.2 Å². The Bertz CT molecular complexity index is 1810.